The molecule has 22 heavy (non-hydrogen) atoms. The Hall–Kier alpha value is -1.82. The highest BCUT2D eigenvalue weighted by molar-refractivity contribution is 7.92. The van der Waals surface area contributed by atoms with Crippen LogP contribution in [0.3, 0.4) is 0 Å². The molecule has 1 amide bonds. The molecule has 0 saturated heterocycles. The minimum absolute atomic E-state index is 0.00775. The predicted octanol–water partition coefficient (Wildman–Crippen LogP) is 2.84. The molecular weight excluding hydrogens is 300 g/mol. The first-order valence-corrected chi connectivity index (χ1v) is 8.97. The van der Waals surface area contributed by atoms with Gasteiger partial charge in [-0.3, -0.25) is 9.52 Å². The molecule has 0 aliphatic heterocycles. The van der Waals surface area contributed by atoms with Crippen LogP contribution in [0, 0.1) is 6.92 Å². The molecule has 0 aromatic heterocycles. The second-order valence-electron chi connectivity index (χ2n) is 5.31. The van der Waals surface area contributed by atoms with Crippen LogP contribution in [0.5, 0.6) is 0 Å². The van der Waals surface area contributed by atoms with E-state index >= 15 is 0 Å². The van der Waals surface area contributed by atoms with Gasteiger partial charge in [-0.15, -0.1) is 6.58 Å². The minimum atomic E-state index is -3.40. The molecule has 0 aliphatic rings. The summed E-state index contributed by atoms with van der Waals surface area (Å²) in [7, 11) is -3.40. The summed E-state index contributed by atoms with van der Waals surface area (Å²) in [6, 6.07) is 5.02. The van der Waals surface area contributed by atoms with Gasteiger partial charge in [0.25, 0.3) is 5.91 Å². The first-order valence-electron chi connectivity index (χ1n) is 7.32. The summed E-state index contributed by atoms with van der Waals surface area (Å²) >= 11 is 0. The number of rotatable bonds is 8. The topological polar surface area (TPSA) is 75.3 Å². The van der Waals surface area contributed by atoms with Crippen LogP contribution >= 0.6 is 0 Å². The van der Waals surface area contributed by atoms with E-state index in [1.807, 2.05) is 13.8 Å². The maximum atomic E-state index is 12.0. The second-order valence-corrected chi connectivity index (χ2v) is 7.15. The first kappa shape index (κ1) is 18.2. The van der Waals surface area contributed by atoms with Crippen LogP contribution in [0.1, 0.15) is 42.6 Å². The lowest BCUT2D eigenvalue weighted by Gasteiger charge is -2.14. The van der Waals surface area contributed by atoms with Gasteiger partial charge in [0, 0.05) is 11.6 Å². The number of aryl methyl sites for hydroxylation is 1. The third-order valence-corrected chi connectivity index (χ3v) is 4.64. The number of sulfonamides is 1. The molecule has 122 valence electrons. The molecule has 2 N–H and O–H groups in total. The number of allylic oxidation sites excluding steroid dienone is 1. The third kappa shape index (κ3) is 5.52. The summed E-state index contributed by atoms with van der Waals surface area (Å²) in [5.74, 6) is -0.162. The minimum Gasteiger partial charge on any atom is -0.350 e. The van der Waals surface area contributed by atoms with Gasteiger partial charge in [0.2, 0.25) is 10.0 Å². The molecule has 0 heterocycles. The van der Waals surface area contributed by atoms with E-state index in [2.05, 4.69) is 16.6 Å². The molecule has 0 spiro atoms. The van der Waals surface area contributed by atoms with E-state index in [1.165, 1.54) is 0 Å². The summed E-state index contributed by atoms with van der Waals surface area (Å²) < 4.78 is 26.3. The first-order chi connectivity index (χ1) is 10.3. The van der Waals surface area contributed by atoms with Crippen molar-refractivity contribution >= 4 is 21.6 Å². The number of nitrogens with one attached hydrogen (secondary N) is 2. The van der Waals surface area contributed by atoms with E-state index in [0.29, 0.717) is 23.2 Å². The van der Waals surface area contributed by atoms with E-state index in [1.54, 1.807) is 31.2 Å². The maximum Gasteiger partial charge on any atom is 0.251 e. The Morgan fingerprint density at radius 1 is 1.41 bits per heavy atom. The Morgan fingerprint density at radius 3 is 2.64 bits per heavy atom. The summed E-state index contributed by atoms with van der Waals surface area (Å²) in [6.45, 7) is 9.22. The zero-order valence-electron chi connectivity index (χ0n) is 13.3. The van der Waals surface area contributed by atoms with Gasteiger partial charge in [0.1, 0.15) is 0 Å². The molecule has 0 radical (unpaired) electrons. The molecule has 1 aromatic carbocycles. The van der Waals surface area contributed by atoms with Crippen LogP contribution in [0.15, 0.2) is 30.9 Å². The van der Waals surface area contributed by atoms with Gasteiger partial charge in [-0.25, -0.2) is 8.42 Å². The van der Waals surface area contributed by atoms with Crippen molar-refractivity contribution in [2.24, 2.45) is 0 Å². The Labute approximate surface area is 132 Å². The van der Waals surface area contributed by atoms with Crippen molar-refractivity contribution < 1.29 is 13.2 Å². The molecule has 6 heteroatoms. The number of hydrogen-bond donors (Lipinski definition) is 2. The van der Waals surface area contributed by atoms with Crippen LogP contribution in [0.2, 0.25) is 0 Å². The highest BCUT2D eigenvalue weighted by Gasteiger charge is 2.13. The quantitative estimate of drug-likeness (QED) is 0.722. The monoisotopic (exact) mass is 324 g/mol. The van der Waals surface area contributed by atoms with Gasteiger partial charge in [0.05, 0.1) is 11.4 Å². The Balaban J connectivity index is 2.86. The summed E-state index contributed by atoms with van der Waals surface area (Å²) in [5, 5.41) is 2.88. The van der Waals surface area contributed by atoms with Gasteiger partial charge in [-0.05, 0) is 50.5 Å². The van der Waals surface area contributed by atoms with Crippen LogP contribution in [-0.4, -0.2) is 26.1 Å². The van der Waals surface area contributed by atoms with Crippen LogP contribution in [0.25, 0.3) is 0 Å². The van der Waals surface area contributed by atoms with Crippen molar-refractivity contribution in [2.45, 2.75) is 39.7 Å². The highest BCUT2D eigenvalue weighted by atomic mass is 32.2. The van der Waals surface area contributed by atoms with Crippen molar-refractivity contribution in [1.82, 2.24) is 5.32 Å². The van der Waals surface area contributed by atoms with Crippen molar-refractivity contribution in [3.05, 3.63) is 42.0 Å². The summed E-state index contributed by atoms with van der Waals surface area (Å²) in [5.41, 5.74) is 1.72. The molecule has 5 nitrogen and oxygen atoms in total. The second kappa shape index (κ2) is 7.98. The van der Waals surface area contributed by atoms with Crippen molar-refractivity contribution in [3.63, 3.8) is 0 Å². The maximum absolute atomic E-state index is 12.0. The van der Waals surface area contributed by atoms with Crippen LogP contribution in [0.4, 0.5) is 5.69 Å². The van der Waals surface area contributed by atoms with E-state index in [9.17, 15) is 13.2 Å². The van der Waals surface area contributed by atoms with Crippen molar-refractivity contribution in [3.8, 4) is 0 Å². The Bertz CT molecular complexity index is 639. The molecule has 1 atom stereocenters. The van der Waals surface area contributed by atoms with E-state index in [4.69, 9.17) is 0 Å². The summed E-state index contributed by atoms with van der Waals surface area (Å²) in [4.78, 5) is 12.0. The highest BCUT2D eigenvalue weighted by Crippen LogP contribution is 2.18. The summed E-state index contributed by atoms with van der Waals surface area (Å²) in [6.07, 6.45) is 2.81. The molecule has 0 fully saturated rings. The van der Waals surface area contributed by atoms with Gasteiger partial charge >= 0.3 is 0 Å². The van der Waals surface area contributed by atoms with E-state index in [-0.39, 0.29) is 17.7 Å². The number of amides is 1. The van der Waals surface area contributed by atoms with Crippen LogP contribution in [-0.2, 0) is 10.0 Å². The Kier molecular flexibility index (Phi) is 6.61. The molecule has 1 rings (SSSR count). The SMILES string of the molecule is C=CCCS(=O)(=O)Nc1ccc(C(=O)NC(C)CC)cc1C. The fraction of sp³-hybridized carbons (Fsp3) is 0.438. The molecular formula is C16H24N2O3S. The standard InChI is InChI=1S/C16H24N2O3S/c1-5-7-10-22(20,21)18-15-9-8-14(11-12(15)3)16(19)17-13(4)6-2/h5,8-9,11,13,18H,1,6-7,10H2,2-4H3,(H,17,19). The predicted molar refractivity (Wildman–Crippen MR) is 90.6 cm³/mol. The van der Waals surface area contributed by atoms with E-state index in [0.717, 1.165) is 6.42 Å². The fourth-order valence-corrected chi connectivity index (χ4v) is 2.93. The molecule has 0 bridgehead atoms. The lowest BCUT2D eigenvalue weighted by Crippen LogP contribution is -2.31. The normalized spacial score (nSPS) is 12.5. The zero-order valence-corrected chi connectivity index (χ0v) is 14.2. The fourth-order valence-electron chi connectivity index (χ4n) is 1.79. The lowest BCUT2D eigenvalue weighted by atomic mass is 10.1. The number of carbonyl (C=O) groups is 1. The molecule has 1 aromatic rings. The van der Waals surface area contributed by atoms with Gasteiger partial charge < -0.3 is 5.32 Å². The van der Waals surface area contributed by atoms with Crippen LogP contribution < -0.4 is 10.0 Å². The third-order valence-electron chi connectivity index (χ3n) is 3.33. The smallest absolute Gasteiger partial charge is 0.251 e. The lowest BCUT2D eigenvalue weighted by molar-refractivity contribution is 0.0939. The zero-order chi connectivity index (χ0) is 16.8. The van der Waals surface area contributed by atoms with E-state index < -0.39 is 10.0 Å². The number of benzene rings is 1. The molecule has 0 aliphatic carbocycles. The number of carbonyl (C=O) groups excluding carboxylic acids is 1. The van der Waals surface area contributed by atoms with Gasteiger partial charge in [0.15, 0.2) is 0 Å². The Morgan fingerprint density at radius 2 is 2.09 bits per heavy atom. The molecule has 0 saturated carbocycles. The van der Waals surface area contributed by atoms with Crippen molar-refractivity contribution in [1.29, 1.82) is 0 Å². The van der Waals surface area contributed by atoms with Gasteiger partial charge in [-0.2, -0.15) is 0 Å². The number of anilines is 1. The van der Waals surface area contributed by atoms with Crippen molar-refractivity contribution in [2.75, 3.05) is 10.5 Å². The average molecular weight is 324 g/mol. The molecule has 1 unspecified atom stereocenters. The largest absolute Gasteiger partial charge is 0.350 e. The number of hydrogen-bond acceptors (Lipinski definition) is 3. The average Bonchev–Trinajstić information content (AvgIpc) is 2.46. The van der Waals surface area contributed by atoms with Gasteiger partial charge in [-0.1, -0.05) is 13.0 Å².